The molecule has 2 N–H and O–H groups in total. The molecule has 4 amide bonds. The van der Waals surface area contributed by atoms with Gasteiger partial charge in [0, 0.05) is 74.4 Å². The van der Waals surface area contributed by atoms with Gasteiger partial charge in [0.2, 0.25) is 0 Å². The number of rotatable bonds is 2. The second kappa shape index (κ2) is 28.0. The lowest BCUT2D eigenvalue weighted by molar-refractivity contribution is -0.124. The summed E-state index contributed by atoms with van der Waals surface area (Å²) < 4.78 is 95.7. The summed E-state index contributed by atoms with van der Waals surface area (Å²) in [5.41, 5.74) is 4.00. The third-order valence-electron chi connectivity index (χ3n) is 20.6. The molecule has 10 atom stereocenters. The highest BCUT2D eigenvalue weighted by atomic mass is 35.5. The molecule has 0 saturated heterocycles. The Kier molecular flexibility index (Phi) is 20.6. The van der Waals surface area contributed by atoms with Crippen LogP contribution in [0.1, 0.15) is 129 Å². The fourth-order valence-electron chi connectivity index (χ4n) is 15.3. The van der Waals surface area contributed by atoms with Crippen LogP contribution in [-0.4, -0.2) is 153 Å². The predicted octanol–water partition coefficient (Wildman–Crippen LogP) is 11.7. The normalized spacial score (nSPS) is 29.3. The molecule has 2 fully saturated rings. The lowest BCUT2D eigenvalue weighted by atomic mass is 9.68. The topological polar surface area (TPSA) is 229 Å². The molecule has 520 valence electrons. The highest BCUT2D eigenvalue weighted by molar-refractivity contribution is 7.90. The molecule has 96 heavy (non-hydrogen) atoms. The summed E-state index contributed by atoms with van der Waals surface area (Å²) in [6.45, 7) is 17.0. The van der Waals surface area contributed by atoms with Crippen molar-refractivity contribution < 1.29 is 64.4 Å². The van der Waals surface area contributed by atoms with Gasteiger partial charge in [-0.15, -0.1) is 0 Å². The van der Waals surface area contributed by atoms with E-state index in [1.807, 2.05) is 24.3 Å². The molecule has 12 rings (SSSR count). The molecule has 4 aromatic carbocycles. The van der Waals surface area contributed by atoms with Crippen molar-refractivity contribution in [1.82, 2.24) is 19.2 Å². The number of halogens is 2. The first-order valence-corrected chi connectivity index (χ1v) is 37.2. The van der Waals surface area contributed by atoms with Crippen molar-refractivity contribution >= 4 is 78.6 Å². The van der Waals surface area contributed by atoms with Crippen LogP contribution < -0.4 is 28.7 Å². The van der Waals surface area contributed by atoms with E-state index in [0.717, 1.165) is 64.2 Å². The molecule has 4 aliphatic heterocycles. The third-order valence-corrected chi connectivity index (χ3v) is 23.7. The number of nitrogens with one attached hydrogen (secondary N) is 2. The summed E-state index contributed by atoms with van der Waals surface area (Å²) in [4.78, 5) is 60.4. The Labute approximate surface area is 575 Å². The van der Waals surface area contributed by atoms with E-state index in [1.165, 1.54) is 58.0 Å². The van der Waals surface area contributed by atoms with Gasteiger partial charge in [0.05, 0.1) is 46.6 Å². The minimum absolute atomic E-state index is 0.0368. The molecule has 0 unspecified atom stereocenters. The molecule has 4 heterocycles. The average Bonchev–Trinajstić information content (AvgIpc) is 1.47. The highest BCUT2D eigenvalue weighted by Crippen LogP contribution is 2.50. The number of benzene rings is 4. The summed E-state index contributed by atoms with van der Waals surface area (Å²) >= 11 is 12.8. The third kappa shape index (κ3) is 15.2. The smallest absolute Gasteiger partial charge is 0.411 e. The number of aryl methyl sites for hydroxylation is 2. The Hall–Kier alpha value is -6.56. The van der Waals surface area contributed by atoms with E-state index in [4.69, 9.17) is 51.6 Å². The van der Waals surface area contributed by atoms with E-state index >= 15 is 0 Å². The van der Waals surface area contributed by atoms with Gasteiger partial charge in [-0.2, -0.15) is 0 Å². The number of fused-ring (bicyclic) bond motifs is 8. The maximum absolute atomic E-state index is 13.8. The Morgan fingerprint density at radius 1 is 0.573 bits per heavy atom. The van der Waals surface area contributed by atoms with Crippen LogP contribution in [0.5, 0.6) is 11.5 Å². The van der Waals surface area contributed by atoms with Crippen molar-refractivity contribution in [2.24, 2.45) is 23.7 Å². The number of amides is 4. The number of anilines is 2. The van der Waals surface area contributed by atoms with Gasteiger partial charge in [-0.05, 0) is 226 Å². The molecule has 4 aromatic rings. The number of nitrogens with zero attached hydrogens (tertiary/aromatic N) is 4. The predicted molar refractivity (Wildman–Crippen MR) is 368 cm³/mol. The van der Waals surface area contributed by atoms with E-state index < -0.39 is 67.3 Å². The zero-order valence-electron chi connectivity index (χ0n) is 56.7. The zero-order chi connectivity index (χ0) is 68.9. The largest absolute Gasteiger partial charge is 0.490 e. The number of carbonyl (C=O) groups is 4. The Balaban J connectivity index is 0.000000195. The second-order valence-electron chi connectivity index (χ2n) is 29.3. The fourth-order valence-corrected chi connectivity index (χ4v) is 17.8. The van der Waals surface area contributed by atoms with Crippen LogP contribution >= 0.6 is 23.2 Å². The first kappa shape index (κ1) is 70.7. The molecule has 2 spiro atoms. The number of hydrogen-bond acceptors (Lipinski definition) is 16. The molecule has 0 aromatic heterocycles. The number of carbonyl (C=O) groups excluding carboxylic acids is 4. The van der Waals surface area contributed by atoms with Crippen LogP contribution in [0.15, 0.2) is 107 Å². The van der Waals surface area contributed by atoms with Gasteiger partial charge in [-0.25, -0.2) is 35.9 Å². The van der Waals surface area contributed by atoms with E-state index in [-0.39, 0.29) is 69.6 Å². The molecular formula is C72H92Cl2N6O14S2. The Morgan fingerprint density at radius 3 is 1.32 bits per heavy atom. The van der Waals surface area contributed by atoms with E-state index in [2.05, 4.69) is 43.5 Å². The standard InChI is InChI=1S/2C36H46ClN3O7S/c2*1-23-33(41)38-48(43,44)27-12-15-32-30(19-27)39(21-36(22-46-32)16-6-8-24-18-26(37)11-14-29(24)36)20-25-10-13-28(25)31(45-5)9-7-17-40(23)34(42)47-35(2,3)4/h2*7,9,11-12,14-15,18-19,23,25,28,31H,6,8,10,13,16-17,20-22H2,1-5H3,(H,38,41)/b9-7+;9-7-/t2*23-,25+,28-,31-,36+/m11/s1. The molecular weight excluding hydrogens is 1310 g/mol. The Morgan fingerprint density at radius 2 is 0.969 bits per heavy atom. The number of sulfonamides is 2. The molecule has 8 aliphatic rings. The van der Waals surface area contributed by atoms with Gasteiger partial charge >= 0.3 is 12.2 Å². The summed E-state index contributed by atoms with van der Waals surface area (Å²) in [6.07, 6.45) is 15.3. The van der Waals surface area contributed by atoms with E-state index in [0.29, 0.717) is 72.3 Å². The van der Waals surface area contributed by atoms with Crippen molar-refractivity contribution in [3.8, 4) is 11.5 Å². The fraction of sp³-hybridized carbons (Fsp3) is 0.556. The number of ether oxygens (including phenoxy) is 6. The van der Waals surface area contributed by atoms with Crippen LogP contribution in [0, 0.1) is 23.7 Å². The molecule has 4 aliphatic carbocycles. The van der Waals surface area contributed by atoms with Gasteiger partial charge in [-0.1, -0.05) is 59.6 Å². The molecule has 0 radical (unpaired) electrons. The van der Waals surface area contributed by atoms with Gasteiger partial charge in [-0.3, -0.25) is 19.4 Å². The highest BCUT2D eigenvalue weighted by Gasteiger charge is 2.48. The molecule has 24 heteroatoms. The lowest BCUT2D eigenvalue weighted by Crippen LogP contribution is -2.51. The first-order chi connectivity index (χ1) is 45.4. The van der Waals surface area contributed by atoms with Crippen molar-refractivity contribution in [2.75, 3.05) is 76.5 Å². The summed E-state index contributed by atoms with van der Waals surface area (Å²) in [5.74, 6) is 0.469. The monoisotopic (exact) mass is 1400 g/mol. The van der Waals surface area contributed by atoms with Crippen molar-refractivity contribution in [3.63, 3.8) is 0 Å². The van der Waals surface area contributed by atoms with E-state index in [9.17, 15) is 36.0 Å². The summed E-state index contributed by atoms with van der Waals surface area (Å²) in [5, 5.41) is 1.43. The van der Waals surface area contributed by atoms with Crippen LogP contribution in [0.25, 0.3) is 0 Å². The van der Waals surface area contributed by atoms with Gasteiger partial charge in [0.25, 0.3) is 31.9 Å². The molecule has 20 nitrogen and oxygen atoms in total. The average molecular weight is 1400 g/mol. The van der Waals surface area contributed by atoms with Gasteiger partial charge < -0.3 is 38.2 Å². The molecule has 2 saturated carbocycles. The van der Waals surface area contributed by atoms with Gasteiger partial charge in [0.1, 0.15) is 34.8 Å². The van der Waals surface area contributed by atoms with Crippen molar-refractivity contribution in [3.05, 3.63) is 129 Å². The van der Waals surface area contributed by atoms with E-state index in [1.54, 1.807) is 92.2 Å². The minimum atomic E-state index is -4.31. The second-order valence-corrected chi connectivity index (χ2v) is 33.5. The maximum Gasteiger partial charge on any atom is 0.411 e. The SMILES string of the molecule is CO[C@@H]1/C=C/CN(C(=O)OC(C)(C)C)[C@H](C)C(=O)NS(=O)(=O)c2ccc3c(c2)N(C[C@@H]2CC[C@H]21)C[C@@]1(CCCc2cc(Cl)ccc21)CO3.CO[C@@H]1/C=C\CN(C(=O)OC(C)(C)C)[C@H](C)C(=O)NS(=O)(=O)c2ccc3c(c2)N(C[C@@H]2CC[C@H]21)C[C@@]1(CCCc2cc(Cl)ccc21)CO3. The van der Waals surface area contributed by atoms with Crippen molar-refractivity contribution in [1.29, 1.82) is 0 Å². The van der Waals surface area contributed by atoms with Crippen LogP contribution in [0.4, 0.5) is 21.0 Å². The number of methoxy groups -OCH3 is 2. The molecule has 4 bridgehead atoms. The quantitative estimate of drug-likeness (QED) is 0.178. The number of hydrogen-bond donors (Lipinski definition) is 2. The van der Waals surface area contributed by atoms with Crippen LogP contribution in [-0.2, 0) is 72.3 Å². The maximum atomic E-state index is 13.8. The Bertz CT molecular complexity index is 3660. The van der Waals surface area contributed by atoms with Crippen LogP contribution in [0.3, 0.4) is 0 Å². The van der Waals surface area contributed by atoms with Crippen LogP contribution in [0.2, 0.25) is 10.0 Å². The van der Waals surface area contributed by atoms with Crippen molar-refractivity contribution in [2.45, 2.75) is 176 Å². The summed E-state index contributed by atoms with van der Waals surface area (Å²) in [6, 6.07) is 19.5. The minimum Gasteiger partial charge on any atom is -0.490 e. The summed E-state index contributed by atoms with van der Waals surface area (Å²) in [7, 11) is -5.24. The van der Waals surface area contributed by atoms with Gasteiger partial charge in [0.15, 0.2) is 0 Å². The lowest BCUT2D eigenvalue weighted by Gasteiger charge is -2.46. The zero-order valence-corrected chi connectivity index (χ0v) is 59.8. The first-order valence-electron chi connectivity index (χ1n) is 33.5.